The zero-order valence-corrected chi connectivity index (χ0v) is 12.9. The van der Waals surface area contributed by atoms with Crippen LogP contribution in [0.1, 0.15) is 37.7 Å². The second kappa shape index (κ2) is 7.06. The van der Waals surface area contributed by atoms with Crippen LogP contribution in [0.25, 0.3) is 0 Å². The Hall–Kier alpha value is -0.870. The van der Waals surface area contributed by atoms with Gasteiger partial charge in [-0.05, 0) is 42.9 Å². The van der Waals surface area contributed by atoms with Crippen LogP contribution in [0.3, 0.4) is 0 Å². The summed E-state index contributed by atoms with van der Waals surface area (Å²) in [6.07, 6.45) is 3.24. The summed E-state index contributed by atoms with van der Waals surface area (Å²) < 4.78 is 1.12. The minimum Gasteiger partial charge on any atom is -0.355 e. The molecule has 3 nitrogen and oxygen atoms in total. The number of hydrogen-bond donors (Lipinski definition) is 2. The Kier molecular flexibility index (Phi) is 5.40. The maximum absolute atomic E-state index is 11.5. The summed E-state index contributed by atoms with van der Waals surface area (Å²) in [5, 5.41) is 6.20. The van der Waals surface area contributed by atoms with Crippen molar-refractivity contribution in [2.75, 3.05) is 13.1 Å². The van der Waals surface area contributed by atoms with E-state index in [4.69, 9.17) is 0 Å². The highest BCUT2D eigenvalue weighted by Gasteiger charge is 2.29. The van der Waals surface area contributed by atoms with Crippen LogP contribution in [0.4, 0.5) is 0 Å². The molecule has 1 aliphatic carbocycles. The van der Waals surface area contributed by atoms with E-state index in [1.165, 1.54) is 5.56 Å². The first-order valence-electron chi connectivity index (χ1n) is 6.94. The zero-order valence-electron chi connectivity index (χ0n) is 11.3. The van der Waals surface area contributed by atoms with Gasteiger partial charge < -0.3 is 10.6 Å². The van der Waals surface area contributed by atoms with Gasteiger partial charge in [-0.2, -0.15) is 0 Å². The molecule has 4 heteroatoms. The van der Waals surface area contributed by atoms with Gasteiger partial charge in [-0.15, -0.1) is 0 Å². The molecule has 2 rings (SSSR count). The molecule has 1 aromatic rings. The van der Waals surface area contributed by atoms with Crippen molar-refractivity contribution in [3.63, 3.8) is 0 Å². The highest BCUT2D eigenvalue weighted by atomic mass is 79.9. The highest BCUT2D eigenvalue weighted by molar-refractivity contribution is 9.10. The monoisotopic (exact) mass is 324 g/mol. The van der Waals surface area contributed by atoms with E-state index in [-0.39, 0.29) is 5.91 Å². The first kappa shape index (κ1) is 14.5. The average Bonchev–Trinajstić information content (AvgIpc) is 2.36. The Labute approximate surface area is 123 Å². The van der Waals surface area contributed by atoms with E-state index in [0.29, 0.717) is 18.5 Å². The quantitative estimate of drug-likeness (QED) is 0.844. The Morgan fingerprint density at radius 3 is 2.63 bits per heavy atom. The Morgan fingerprint density at radius 2 is 2.00 bits per heavy atom. The molecule has 1 saturated carbocycles. The third kappa shape index (κ3) is 4.32. The zero-order chi connectivity index (χ0) is 13.7. The summed E-state index contributed by atoms with van der Waals surface area (Å²) in [5.74, 6) is 0.748. The number of rotatable bonds is 6. The lowest BCUT2D eigenvalue weighted by atomic mass is 9.76. The summed E-state index contributed by atoms with van der Waals surface area (Å²) in [5.41, 5.74) is 1.40. The van der Waals surface area contributed by atoms with Crippen molar-refractivity contribution in [1.29, 1.82) is 0 Å². The molecule has 2 N–H and O–H groups in total. The van der Waals surface area contributed by atoms with E-state index in [0.717, 1.165) is 30.3 Å². The van der Waals surface area contributed by atoms with Crippen molar-refractivity contribution >= 4 is 21.8 Å². The van der Waals surface area contributed by atoms with Crippen LogP contribution in [-0.2, 0) is 4.79 Å². The lowest BCUT2D eigenvalue weighted by Crippen LogP contribution is -2.45. The van der Waals surface area contributed by atoms with Crippen molar-refractivity contribution in [1.82, 2.24) is 10.6 Å². The lowest BCUT2D eigenvalue weighted by molar-refractivity contribution is -0.120. The average molecular weight is 325 g/mol. The van der Waals surface area contributed by atoms with Gasteiger partial charge in [-0.3, -0.25) is 4.79 Å². The normalized spacial score (nSPS) is 21.8. The van der Waals surface area contributed by atoms with E-state index in [1.54, 1.807) is 0 Å². The van der Waals surface area contributed by atoms with Crippen LogP contribution >= 0.6 is 15.9 Å². The van der Waals surface area contributed by atoms with Crippen molar-refractivity contribution in [3.8, 4) is 0 Å². The number of carbonyl (C=O) groups is 1. The van der Waals surface area contributed by atoms with Crippen molar-refractivity contribution < 1.29 is 4.79 Å². The predicted octanol–water partition coefficient (Wildman–Crippen LogP) is 2.81. The molecule has 0 spiro atoms. The Bertz CT molecular complexity index is 413. The van der Waals surface area contributed by atoms with E-state index in [1.807, 2.05) is 0 Å². The molecule has 19 heavy (non-hydrogen) atoms. The van der Waals surface area contributed by atoms with Gasteiger partial charge in [0.15, 0.2) is 0 Å². The van der Waals surface area contributed by atoms with Gasteiger partial charge in [0.05, 0.1) is 6.54 Å². The molecular formula is C15H21BrN2O. The molecule has 104 valence electrons. The van der Waals surface area contributed by atoms with Crippen LogP contribution in [0.15, 0.2) is 28.7 Å². The first-order chi connectivity index (χ1) is 9.19. The van der Waals surface area contributed by atoms with Crippen LogP contribution in [0.5, 0.6) is 0 Å². The fourth-order valence-electron chi connectivity index (χ4n) is 2.36. The molecule has 0 saturated heterocycles. The summed E-state index contributed by atoms with van der Waals surface area (Å²) in [7, 11) is 0. The van der Waals surface area contributed by atoms with Crippen molar-refractivity contribution in [2.45, 2.75) is 38.1 Å². The maximum atomic E-state index is 11.5. The second-order valence-corrected chi connectivity index (χ2v) is 6.06. The molecule has 0 bridgehead atoms. The molecule has 0 radical (unpaired) electrons. The Balaban J connectivity index is 1.66. The van der Waals surface area contributed by atoms with Gasteiger partial charge in [0.25, 0.3) is 0 Å². The number of benzene rings is 1. The molecule has 1 aliphatic rings. The van der Waals surface area contributed by atoms with Gasteiger partial charge in [0.1, 0.15) is 0 Å². The number of amides is 1. The number of halogens is 1. The van der Waals surface area contributed by atoms with Gasteiger partial charge in [0.2, 0.25) is 5.91 Å². The van der Waals surface area contributed by atoms with E-state index < -0.39 is 0 Å². The Morgan fingerprint density at radius 1 is 1.32 bits per heavy atom. The van der Waals surface area contributed by atoms with E-state index >= 15 is 0 Å². The van der Waals surface area contributed by atoms with Gasteiger partial charge in [-0.1, -0.05) is 35.0 Å². The summed E-state index contributed by atoms with van der Waals surface area (Å²) in [4.78, 5) is 11.5. The van der Waals surface area contributed by atoms with Crippen molar-refractivity contribution in [2.24, 2.45) is 0 Å². The number of nitrogens with one attached hydrogen (secondary N) is 2. The second-order valence-electron chi connectivity index (χ2n) is 5.15. The highest BCUT2D eigenvalue weighted by Crippen LogP contribution is 2.37. The van der Waals surface area contributed by atoms with E-state index in [2.05, 4.69) is 57.8 Å². The lowest BCUT2D eigenvalue weighted by Gasteiger charge is -2.36. The molecule has 0 aromatic heterocycles. The first-order valence-corrected chi connectivity index (χ1v) is 7.74. The summed E-state index contributed by atoms with van der Waals surface area (Å²) >= 11 is 3.45. The fourth-order valence-corrected chi connectivity index (χ4v) is 2.62. The van der Waals surface area contributed by atoms with E-state index in [9.17, 15) is 4.79 Å². The predicted molar refractivity (Wildman–Crippen MR) is 81.2 cm³/mol. The molecule has 1 aromatic carbocycles. The molecule has 0 unspecified atom stereocenters. The van der Waals surface area contributed by atoms with Crippen LogP contribution in [0, 0.1) is 0 Å². The number of hydrogen-bond acceptors (Lipinski definition) is 2. The fraction of sp³-hybridized carbons (Fsp3) is 0.533. The summed E-state index contributed by atoms with van der Waals surface area (Å²) in [6, 6.07) is 9.03. The molecule has 1 fully saturated rings. The molecular weight excluding hydrogens is 304 g/mol. The number of carbonyl (C=O) groups excluding carboxylic acids is 1. The molecule has 1 amide bonds. The third-order valence-electron chi connectivity index (χ3n) is 3.60. The van der Waals surface area contributed by atoms with Crippen LogP contribution in [0.2, 0.25) is 0 Å². The molecule has 0 heterocycles. The minimum atomic E-state index is 0.106. The van der Waals surface area contributed by atoms with Gasteiger partial charge in [-0.25, -0.2) is 0 Å². The van der Waals surface area contributed by atoms with Crippen LogP contribution < -0.4 is 10.6 Å². The SMILES string of the molecule is CCCNC(=O)CNC1CC(c2ccc(Br)cc2)C1. The third-order valence-corrected chi connectivity index (χ3v) is 4.13. The van der Waals surface area contributed by atoms with Gasteiger partial charge in [0, 0.05) is 17.1 Å². The minimum absolute atomic E-state index is 0.106. The van der Waals surface area contributed by atoms with Crippen molar-refractivity contribution in [3.05, 3.63) is 34.3 Å². The maximum Gasteiger partial charge on any atom is 0.233 e. The smallest absolute Gasteiger partial charge is 0.233 e. The largest absolute Gasteiger partial charge is 0.355 e. The molecule has 0 atom stereocenters. The topological polar surface area (TPSA) is 41.1 Å². The standard InChI is InChI=1S/C15H21BrN2O/c1-2-7-17-15(19)10-18-14-8-12(9-14)11-3-5-13(16)6-4-11/h3-6,12,14,18H,2,7-10H2,1H3,(H,17,19). The summed E-state index contributed by atoms with van der Waals surface area (Å²) in [6.45, 7) is 3.27. The van der Waals surface area contributed by atoms with Crippen LogP contribution in [-0.4, -0.2) is 25.0 Å². The van der Waals surface area contributed by atoms with Gasteiger partial charge >= 0.3 is 0 Å². The molecule has 0 aliphatic heterocycles.